The zero-order chi connectivity index (χ0) is 15.0. The monoisotopic (exact) mass is 317 g/mol. The van der Waals surface area contributed by atoms with Crippen LogP contribution < -0.4 is 5.73 Å². The zero-order valence-electron chi connectivity index (χ0n) is 11.5. The predicted molar refractivity (Wildman–Crippen MR) is 87.4 cm³/mol. The first-order valence-electron chi connectivity index (χ1n) is 6.48. The van der Waals surface area contributed by atoms with Crippen LogP contribution in [0.2, 0.25) is 0 Å². The molecule has 0 aliphatic carbocycles. The van der Waals surface area contributed by atoms with Crippen LogP contribution in [0.15, 0.2) is 58.8 Å². The van der Waals surface area contributed by atoms with E-state index in [1.165, 1.54) is 11.0 Å². The van der Waals surface area contributed by atoms with Gasteiger partial charge in [0.25, 0.3) is 0 Å². The summed E-state index contributed by atoms with van der Waals surface area (Å²) in [5, 5.41) is 3.22. The van der Waals surface area contributed by atoms with Gasteiger partial charge in [-0.2, -0.15) is 0 Å². The minimum Gasteiger partial charge on any atom is -0.320 e. The molecular weight excluding hydrogens is 302 g/mol. The molecule has 0 spiro atoms. The first-order valence-corrected chi connectivity index (χ1v) is 9.25. The van der Waals surface area contributed by atoms with E-state index < -0.39 is 9.84 Å². The third-order valence-electron chi connectivity index (χ3n) is 3.51. The van der Waals surface area contributed by atoms with Gasteiger partial charge in [-0.3, -0.25) is 0 Å². The Labute approximate surface area is 128 Å². The normalized spacial score (nSPS) is 13.4. The lowest BCUT2D eigenvalue weighted by Crippen LogP contribution is -2.11. The molecule has 1 atom stereocenters. The summed E-state index contributed by atoms with van der Waals surface area (Å²) < 4.78 is 24.2. The second-order valence-electron chi connectivity index (χ2n) is 5.01. The Morgan fingerprint density at radius 2 is 1.71 bits per heavy atom. The lowest BCUT2D eigenvalue weighted by molar-refractivity contribution is 0.602. The number of thiophene rings is 1. The fourth-order valence-corrected chi connectivity index (χ4v) is 3.97. The van der Waals surface area contributed by atoms with Crippen LogP contribution in [0.25, 0.3) is 10.1 Å². The summed E-state index contributed by atoms with van der Waals surface area (Å²) in [5.74, 6) is 0. The lowest BCUT2D eigenvalue weighted by atomic mass is 9.99. The maximum atomic E-state index is 11.5. The topological polar surface area (TPSA) is 60.2 Å². The molecule has 0 fully saturated rings. The number of benzene rings is 2. The van der Waals surface area contributed by atoms with Crippen LogP contribution >= 0.6 is 11.3 Å². The Balaban J connectivity index is 2.00. The van der Waals surface area contributed by atoms with E-state index in [1.807, 2.05) is 12.1 Å². The van der Waals surface area contributed by atoms with Gasteiger partial charge in [-0.25, -0.2) is 8.42 Å². The van der Waals surface area contributed by atoms with Gasteiger partial charge in [0.15, 0.2) is 9.84 Å². The summed E-state index contributed by atoms with van der Waals surface area (Å²) in [6.45, 7) is 0. The van der Waals surface area contributed by atoms with E-state index in [1.54, 1.807) is 35.6 Å². The van der Waals surface area contributed by atoms with Crippen molar-refractivity contribution in [1.29, 1.82) is 0 Å². The summed E-state index contributed by atoms with van der Waals surface area (Å²) >= 11 is 1.67. The fraction of sp³-hybridized carbons (Fsp3) is 0.125. The van der Waals surface area contributed by atoms with Gasteiger partial charge in [0.1, 0.15) is 0 Å². The van der Waals surface area contributed by atoms with Crippen molar-refractivity contribution in [2.75, 3.05) is 6.26 Å². The minimum atomic E-state index is -3.17. The van der Waals surface area contributed by atoms with Gasteiger partial charge in [-0.1, -0.05) is 30.3 Å². The van der Waals surface area contributed by atoms with Gasteiger partial charge < -0.3 is 5.73 Å². The molecule has 1 heterocycles. The molecule has 3 rings (SSSR count). The number of rotatable bonds is 3. The van der Waals surface area contributed by atoms with Crippen LogP contribution in [0.1, 0.15) is 17.2 Å². The average molecular weight is 317 g/mol. The Kier molecular flexibility index (Phi) is 3.57. The smallest absolute Gasteiger partial charge is 0.175 e. The molecule has 0 aliphatic rings. The molecule has 0 bridgehead atoms. The van der Waals surface area contributed by atoms with Crippen molar-refractivity contribution in [3.8, 4) is 0 Å². The molecule has 1 unspecified atom stereocenters. The van der Waals surface area contributed by atoms with Crippen LogP contribution in [-0.4, -0.2) is 14.7 Å². The van der Waals surface area contributed by atoms with Gasteiger partial charge in [-0.15, -0.1) is 11.3 Å². The second kappa shape index (κ2) is 5.26. The molecule has 1 aromatic heterocycles. The van der Waals surface area contributed by atoms with Gasteiger partial charge >= 0.3 is 0 Å². The zero-order valence-corrected chi connectivity index (χ0v) is 13.1. The molecule has 0 aliphatic heterocycles. The van der Waals surface area contributed by atoms with Crippen molar-refractivity contribution < 1.29 is 8.42 Å². The van der Waals surface area contributed by atoms with Gasteiger partial charge in [0.2, 0.25) is 0 Å². The molecule has 108 valence electrons. The highest BCUT2D eigenvalue weighted by molar-refractivity contribution is 7.90. The molecule has 0 saturated carbocycles. The number of sulfone groups is 1. The average Bonchev–Trinajstić information content (AvgIpc) is 2.90. The second-order valence-corrected chi connectivity index (χ2v) is 7.93. The molecular formula is C16H15NO2S2. The highest BCUT2D eigenvalue weighted by atomic mass is 32.2. The molecule has 0 amide bonds. The molecule has 0 saturated heterocycles. The largest absolute Gasteiger partial charge is 0.320 e. The quantitative estimate of drug-likeness (QED) is 0.806. The van der Waals surface area contributed by atoms with Crippen LogP contribution in [-0.2, 0) is 9.84 Å². The number of hydrogen-bond donors (Lipinski definition) is 1. The SMILES string of the molecule is CS(=O)(=O)c1ccc(C(N)c2csc3ccccc23)cc1. The molecule has 3 aromatic rings. The third kappa shape index (κ3) is 2.72. The third-order valence-corrected chi connectivity index (χ3v) is 5.62. The fourth-order valence-electron chi connectivity index (χ4n) is 2.34. The van der Waals surface area contributed by atoms with E-state index >= 15 is 0 Å². The van der Waals surface area contributed by atoms with E-state index in [0.717, 1.165) is 16.5 Å². The number of nitrogens with two attached hydrogens (primary N) is 1. The van der Waals surface area contributed by atoms with Crippen LogP contribution in [0.4, 0.5) is 0 Å². The Morgan fingerprint density at radius 3 is 2.38 bits per heavy atom. The maximum Gasteiger partial charge on any atom is 0.175 e. The van der Waals surface area contributed by atoms with Crippen LogP contribution in [0, 0.1) is 0 Å². The lowest BCUT2D eigenvalue weighted by Gasteiger charge is -2.12. The van der Waals surface area contributed by atoms with Crippen molar-refractivity contribution in [3.05, 3.63) is 65.0 Å². The Morgan fingerprint density at radius 1 is 1.05 bits per heavy atom. The van der Waals surface area contributed by atoms with Crippen molar-refractivity contribution in [1.82, 2.24) is 0 Å². The first-order chi connectivity index (χ1) is 9.97. The summed E-state index contributed by atoms with van der Waals surface area (Å²) in [6, 6.07) is 14.7. The number of hydrogen-bond acceptors (Lipinski definition) is 4. The predicted octanol–water partition coefficient (Wildman–Crippen LogP) is 3.35. The molecule has 5 heteroatoms. The van der Waals surface area contributed by atoms with E-state index in [9.17, 15) is 8.42 Å². The van der Waals surface area contributed by atoms with E-state index in [0.29, 0.717) is 4.90 Å². The highest BCUT2D eigenvalue weighted by Gasteiger charge is 2.15. The molecule has 2 N–H and O–H groups in total. The standard InChI is InChI=1S/C16H15NO2S2/c1-21(18,19)12-8-6-11(7-9-12)16(17)14-10-20-15-5-3-2-4-13(14)15/h2-10,16H,17H2,1H3. The van der Waals surface area contributed by atoms with Gasteiger partial charge in [-0.05, 0) is 40.1 Å². The molecule has 21 heavy (non-hydrogen) atoms. The van der Waals surface area contributed by atoms with Gasteiger partial charge in [0.05, 0.1) is 10.9 Å². The van der Waals surface area contributed by atoms with Crippen LogP contribution in [0.3, 0.4) is 0 Å². The van der Waals surface area contributed by atoms with Crippen LogP contribution in [0.5, 0.6) is 0 Å². The summed E-state index contributed by atoms with van der Waals surface area (Å²) in [5.41, 5.74) is 8.32. The van der Waals surface area contributed by atoms with Crippen molar-refractivity contribution in [2.45, 2.75) is 10.9 Å². The molecule has 0 radical (unpaired) electrons. The summed E-state index contributed by atoms with van der Waals surface area (Å²) in [7, 11) is -3.17. The molecule has 2 aromatic carbocycles. The maximum absolute atomic E-state index is 11.5. The minimum absolute atomic E-state index is 0.255. The van der Waals surface area contributed by atoms with E-state index in [4.69, 9.17) is 5.73 Å². The van der Waals surface area contributed by atoms with E-state index in [2.05, 4.69) is 17.5 Å². The van der Waals surface area contributed by atoms with Crippen molar-refractivity contribution in [2.24, 2.45) is 5.73 Å². The number of fused-ring (bicyclic) bond motifs is 1. The van der Waals surface area contributed by atoms with Gasteiger partial charge in [0, 0.05) is 11.0 Å². The summed E-state index contributed by atoms with van der Waals surface area (Å²) in [4.78, 5) is 0.314. The Bertz CT molecular complexity index is 880. The molecule has 3 nitrogen and oxygen atoms in total. The Hall–Kier alpha value is -1.69. The highest BCUT2D eigenvalue weighted by Crippen LogP contribution is 2.32. The van der Waals surface area contributed by atoms with E-state index in [-0.39, 0.29) is 6.04 Å². The van der Waals surface area contributed by atoms with Crippen molar-refractivity contribution >= 4 is 31.3 Å². The van der Waals surface area contributed by atoms with Crippen molar-refractivity contribution in [3.63, 3.8) is 0 Å². The first kappa shape index (κ1) is 14.3. The summed E-state index contributed by atoms with van der Waals surface area (Å²) in [6.07, 6.45) is 1.20.